The summed E-state index contributed by atoms with van der Waals surface area (Å²) in [5.74, 6) is 2.16. The summed E-state index contributed by atoms with van der Waals surface area (Å²) in [5.41, 5.74) is 0.789. The van der Waals surface area contributed by atoms with Crippen molar-refractivity contribution in [2.24, 2.45) is 11.8 Å². The fraction of sp³-hybridized carbons (Fsp3) is 0.571. The minimum atomic E-state index is -0.421. The number of aromatic hydroxyl groups is 1. The number of ketones is 1. The van der Waals surface area contributed by atoms with Crippen LogP contribution >= 0.6 is 0 Å². The van der Waals surface area contributed by atoms with Crippen LogP contribution < -0.4 is 9.47 Å². The van der Waals surface area contributed by atoms with Crippen LogP contribution in [0.4, 0.5) is 0 Å². The van der Waals surface area contributed by atoms with Gasteiger partial charge in [0.05, 0.1) is 7.11 Å². The van der Waals surface area contributed by atoms with Gasteiger partial charge in [-0.15, -0.1) is 0 Å². The molecule has 2 unspecified atom stereocenters. The van der Waals surface area contributed by atoms with E-state index < -0.39 is 5.60 Å². The summed E-state index contributed by atoms with van der Waals surface area (Å²) in [7, 11) is 1.58. The second-order valence-corrected chi connectivity index (χ2v) is 7.60. The van der Waals surface area contributed by atoms with Crippen LogP contribution in [-0.4, -0.2) is 23.6 Å². The maximum absolute atomic E-state index is 12.5. The molecule has 0 saturated carbocycles. The lowest BCUT2D eigenvalue weighted by atomic mass is 9.78. The van der Waals surface area contributed by atoms with Crippen molar-refractivity contribution >= 4 is 5.78 Å². The molecule has 4 nitrogen and oxygen atoms in total. The highest BCUT2D eigenvalue weighted by Crippen LogP contribution is 2.50. The Bertz CT molecular complexity index is 704. The zero-order chi connectivity index (χ0) is 18.2. The highest BCUT2D eigenvalue weighted by molar-refractivity contribution is 6.02. The number of carbonyl (C=O) groups is 1. The van der Waals surface area contributed by atoms with E-state index in [0.29, 0.717) is 41.7 Å². The van der Waals surface area contributed by atoms with Crippen molar-refractivity contribution in [3.63, 3.8) is 0 Å². The lowest BCUT2D eigenvalue weighted by Gasteiger charge is -2.33. The van der Waals surface area contributed by atoms with Gasteiger partial charge in [-0.1, -0.05) is 26.8 Å². The third-order valence-electron chi connectivity index (χ3n) is 5.48. The Labute approximate surface area is 149 Å². The molecule has 0 aromatic heterocycles. The molecule has 25 heavy (non-hydrogen) atoms. The molecule has 0 fully saturated rings. The fourth-order valence-corrected chi connectivity index (χ4v) is 3.96. The van der Waals surface area contributed by atoms with Crippen molar-refractivity contribution in [3.05, 3.63) is 29.3 Å². The van der Waals surface area contributed by atoms with Crippen molar-refractivity contribution in [1.82, 2.24) is 0 Å². The van der Waals surface area contributed by atoms with Gasteiger partial charge in [-0.2, -0.15) is 0 Å². The van der Waals surface area contributed by atoms with Crippen molar-refractivity contribution in [2.75, 3.05) is 7.11 Å². The van der Waals surface area contributed by atoms with Gasteiger partial charge in [0.1, 0.15) is 28.4 Å². The lowest BCUT2D eigenvalue weighted by Crippen LogP contribution is -2.35. The quantitative estimate of drug-likeness (QED) is 0.622. The first-order valence-corrected chi connectivity index (χ1v) is 9.25. The summed E-state index contributed by atoms with van der Waals surface area (Å²) >= 11 is 0. The first kappa shape index (κ1) is 17.8. The number of Topliss-reactive ketones (excluding diaryl/α,β-unsaturated/α-hetero) is 1. The van der Waals surface area contributed by atoms with E-state index in [1.165, 1.54) is 0 Å². The largest absolute Gasteiger partial charge is 0.507 e. The molecule has 1 N–H and O–H groups in total. The average Bonchev–Trinajstić information content (AvgIpc) is 2.93. The number of carbonyl (C=O) groups excluding carboxylic acids is 1. The molecule has 0 radical (unpaired) electrons. The van der Waals surface area contributed by atoms with E-state index in [-0.39, 0.29) is 11.5 Å². The van der Waals surface area contributed by atoms with Crippen LogP contribution in [0.1, 0.15) is 62.4 Å². The Morgan fingerprint density at radius 1 is 1.48 bits per heavy atom. The van der Waals surface area contributed by atoms with Gasteiger partial charge in [0.15, 0.2) is 5.78 Å². The third-order valence-corrected chi connectivity index (χ3v) is 5.48. The first-order chi connectivity index (χ1) is 11.9. The molecule has 0 amide bonds. The molecule has 1 aliphatic heterocycles. The minimum absolute atomic E-state index is 0.0501. The van der Waals surface area contributed by atoms with E-state index in [2.05, 4.69) is 26.0 Å². The first-order valence-electron chi connectivity index (χ1n) is 9.25. The number of phenols is 1. The van der Waals surface area contributed by atoms with Gasteiger partial charge in [-0.3, -0.25) is 4.79 Å². The van der Waals surface area contributed by atoms with Crippen LogP contribution in [-0.2, 0) is 6.42 Å². The Hall–Kier alpha value is -1.97. The van der Waals surface area contributed by atoms with Gasteiger partial charge in [-0.05, 0) is 37.2 Å². The molecule has 2 atom stereocenters. The zero-order valence-electron chi connectivity index (χ0n) is 15.6. The summed E-state index contributed by atoms with van der Waals surface area (Å²) in [6.45, 7) is 6.43. The molecular weight excluding hydrogens is 316 g/mol. The molecule has 1 aromatic carbocycles. The summed E-state index contributed by atoms with van der Waals surface area (Å²) < 4.78 is 11.8. The number of hydrogen-bond donors (Lipinski definition) is 1. The number of allylic oxidation sites excluding steroid dienone is 1. The zero-order valence-corrected chi connectivity index (χ0v) is 15.6. The maximum atomic E-state index is 12.5. The monoisotopic (exact) mass is 344 g/mol. The van der Waals surface area contributed by atoms with Crippen LogP contribution in [0.5, 0.6) is 17.2 Å². The van der Waals surface area contributed by atoms with Gasteiger partial charge in [0, 0.05) is 24.5 Å². The van der Waals surface area contributed by atoms with Gasteiger partial charge in [-0.25, -0.2) is 0 Å². The number of hydrogen-bond acceptors (Lipinski definition) is 4. The van der Waals surface area contributed by atoms with Crippen molar-refractivity contribution in [2.45, 2.75) is 58.5 Å². The molecule has 1 spiro atoms. The molecule has 1 aromatic rings. The average molecular weight is 344 g/mol. The lowest BCUT2D eigenvalue weighted by molar-refractivity contribution is 0.0953. The maximum Gasteiger partial charge on any atom is 0.170 e. The number of benzene rings is 1. The number of ether oxygens (including phenoxy) is 2. The third kappa shape index (κ3) is 3.14. The Balaban J connectivity index is 2.01. The second-order valence-electron chi connectivity index (χ2n) is 7.60. The van der Waals surface area contributed by atoms with Gasteiger partial charge >= 0.3 is 0 Å². The molecular formula is C21H28O4. The molecule has 3 rings (SSSR count). The van der Waals surface area contributed by atoms with Crippen LogP contribution in [0, 0.1) is 11.8 Å². The van der Waals surface area contributed by atoms with Crippen LogP contribution in [0.25, 0.3) is 0 Å². The van der Waals surface area contributed by atoms with Crippen molar-refractivity contribution < 1.29 is 19.4 Å². The molecule has 2 aliphatic rings. The molecule has 1 aliphatic carbocycles. The van der Waals surface area contributed by atoms with E-state index in [4.69, 9.17) is 9.47 Å². The standard InChI is InChI=1S/C21H28O4/c1-5-6-16(22)19-17(23)11-18(24-4)15-12-21(25-20(15)19)9-7-14(8-10-21)13(2)3/h7,9,11,13-14,23H,5-6,8,10,12H2,1-4H3. The summed E-state index contributed by atoms with van der Waals surface area (Å²) in [6.07, 6.45) is 8.19. The van der Waals surface area contributed by atoms with Crippen LogP contribution in [0.2, 0.25) is 0 Å². The summed E-state index contributed by atoms with van der Waals surface area (Å²) in [4.78, 5) is 12.5. The normalized spacial score (nSPS) is 24.4. The number of rotatable bonds is 5. The van der Waals surface area contributed by atoms with Gasteiger partial charge in [0.2, 0.25) is 0 Å². The SMILES string of the molecule is CCCC(=O)c1c(O)cc(OC)c2c1OC1(C=CC(C(C)C)CC1)C2. The molecule has 4 heteroatoms. The number of phenolic OH excluding ortho intramolecular Hbond substituents is 1. The van der Waals surface area contributed by atoms with Crippen LogP contribution in [0.3, 0.4) is 0 Å². The number of methoxy groups -OCH3 is 1. The van der Waals surface area contributed by atoms with Crippen molar-refractivity contribution in [1.29, 1.82) is 0 Å². The fourth-order valence-electron chi connectivity index (χ4n) is 3.96. The highest BCUT2D eigenvalue weighted by Gasteiger charge is 2.43. The predicted molar refractivity (Wildman–Crippen MR) is 97.7 cm³/mol. The molecule has 136 valence electrons. The van der Waals surface area contributed by atoms with Crippen molar-refractivity contribution in [3.8, 4) is 17.2 Å². The Morgan fingerprint density at radius 2 is 2.24 bits per heavy atom. The summed E-state index contributed by atoms with van der Waals surface area (Å²) in [5, 5.41) is 10.4. The Morgan fingerprint density at radius 3 is 2.80 bits per heavy atom. The molecule has 0 bridgehead atoms. The second kappa shape index (κ2) is 6.74. The van der Waals surface area contributed by atoms with Gasteiger partial charge in [0.25, 0.3) is 0 Å². The minimum Gasteiger partial charge on any atom is -0.507 e. The van der Waals surface area contributed by atoms with Gasteiger partial charge < -0.3 is 14.6 Å². The van der Waals surface area contributed by atoms with Crippen LogP contribution in [0.15, 0.2) is 18.2 Å². The Kier molecular flexibility index (Phi) is 4.81. The van der Waals surface area contributed by atoms with E-state index in [1.54, 1.807) is 13.2 Å². The molecule has 1 heterocycles. The van der Waals surface area contributed by atoms with E-state index in [1.807, 2.05) is 6.92 Å². The van der Waals surface area contributed by atoms with E-state index in [0.717, 1.165) is 24.8 Å². The topological polar surface area (TPSA) is 55.8 Å². The highest BCUT2D eigenvalue weighted by atomic mass is 16.5. The molecule has 0 saturated heterocycles. The van der Waals surface area contributed by atoms with E-state index in [9.17, 15) is 9.90 Å². The van der Waals surface area contributed by atoms with E-state index >= 15 is 0 Å². The summed E-state index contributed by atoms with van der Waals surface area (Å²) in [6, 6.07) is 1.55. The number of fused-ring (bicyclic) bond motifs is 1. The smallest absolute Gasteiger partial charge is 0.170 e. The predicted octanol–water partition coefficient (Wildman–Crippen LogP) is 4.68.